The third-order valence-electron chi connectivity index (χ3n) is 4.04. The number of aryl methyl sites for hydroxylation is 1. The quantitative estimate of drug-likeness (QED) is 0.551. The summed E-state index contributed by atoms with van der Waals surface area (Å²) in [4.78, 5) is 24.0. The van der Waals surface area contributed by atoms with Crippen LogP contribution in [0.3, 0.4) is 0 Å². The van der Waals surface area contributed by atoms with Crippen LogP contribution in [0.2, 0.25) is 0 Å². The van der Waals surface area contributed by atoms with Gasteiger partial charge in [-0.05, 0) is 30.3 Å². The molecule has 8 heteroatoms. The van der Waals surface area contributed by atoms with Gasteiger partial charge in [-0.25, -0.2) is 9.97 Å². The fourth-order valence-electron chi connectivity index (χ4n) is 2.78. The Morgan fingerprint density at radius 2 is 1.96 bits per heavy atom. The molecule has 8 nitrogen and oxygen atoms in total. The first-order valence-electron chi connectivity index (χ1n) is 8.63. The van der Waals surface area contributed by atoms with Crippen molar-refractivity contribution < 1.29 is 9.53 Å². The molecule has 0 spiro atoms. The molecule has 0 saturated heterocycles. The van der Waals surface area contributed by atoms with Crippen molar-refractivity contribution in [3.05, 3.63) is 61.1 Å². The maximum Gasteiger partial charge on any atom is 0.222 e. The molecular formula is C20H18N6O2. The number of imidazole rings is 1. The summed E-state index contributed by atoms with van der Waals surface area (Å²) in [5.74, 6) is 2.17. The van der Waals surface area contributed by atoms with Crippen LogP contribution in [0.1, 0.15) is 6.92 Å². The Bertz CT molecular complexity index is 1140. The number of ether oxygens (including phenoxy) is 1. The van der Waals surface area contributed by atoms with Crippen molar-refractivity contribution in [3.8, 4) is 11.5 Å². The number of pyridine rings is 2. The Hall–Kier alpha value is -3.94. The zero-order chi connectivity index (χ0) is 19.5. The number of amides is 1. The van der Waals surface area contributed by atoms with Crippen molar-refractivity contribution in [2.24, 2.45) is 7.05 Å². The Labute approximate surface area is 161 Å². The largest absolute Gasteiger partial charge is 0.457 e. The zero-order valence-electron chi connectivity index (χ0n) is 15.4. The van der Waals surface area contributed by atoms with Gasteiger partial charge in [-0.1, -0.05) is 0 Å². The van der Waals surface area contributed by atoms with E-state index in [1.165, 1.54) is 6.92 Å². The molecule has 4 aromatic rings. The minimum Gasteiger partial charge on any atom is -0.457 e. The molecule has 3 heterocycles. The molecule has 28 heavy (non-hydrogen) atoms. The molecule has 0 unspecified atom stereocenters. The summed E-state index contributed by atoms with van der Waals surface area (Å²) in [6.45, 7) is 1.43. The first-order valence-corrected chi connectivity index (χ1v) is 8.63. The van der Waals surface area contributed by atoms with E-state index in [9.17, 15) is 4.79 Å². The SMILES string of the molecule is CC(=O)Nc1cc(Oc2ccc3c(c2)nc(Nc2cccnc2)n3C)ccn1. The Balaban J connectivity index is 1.59. The maximum atomic E-state index is 11.2. The third-order valence-corrected chi connectivity index (χ3v) is 4.04. The van der Waals surface area contributed by atoms with Crippen molar-refractivity contribution >= 4 is 34.4 Å². The maximum absolute atomic E-state index is 11.2. The van der Waals surface area contributed by atoms with Gasteiger partial charge in [0.2, 0.25) is 11.9 Å². The number of carbonyl (C=O) groups is 1. The summed E-state index contributed by atoms with van der Waals surface area (Å²) < 4.78 is 7.87. The standard InChI is InChI=1S/C20H18N6O2/c1-13(27)23-19-11-16(7-9-22-19)28-15-5-6-18-17(10-15)25-20(26(18)2)24-14-4-3-8-21-12-14/h3-12H,1-2H3,(H,24,25)(H,22,23,27). The minimum atomic E-state index is -0.187. The summed E-state index contributed by atoms with van der Waals surface area (Å²) in [7, 11) is 1.94. The predicted molar refractivity (Wildman–Crippen MR) is 107 cm³/mol. The summed E-state index contributed by atoms with van der Waals surface area (Å²) >= 11 is 0. The van der Waals surface area contributed by atoms with E-state index in [0.29, 0.717) is 23.3 Å². The fraction of sp³-hybridized carbons (Fsp3) is 0.100. The van der Waals surface area contributed by atoms with Crippen LogP contribution in [-0.4, -0.2) is 25.4 Å². The molecule has 2 N–H and O–H groups in total. The van der Waals surface area contributed by atoms with E-state index in [-0.39, 0.29) is 5.91 Å². The van der Waals surface area contributed by atoms with Gasteiger partial charge in [-0.2, -0.15) is 0 Å². The highest BCUT2D eigenvalue weighted by Crippen LogP contribution is 2.28. The van der Waals surface area contributed by atoms with Gasteiger partial charge in [0.25, 0.3) is 0 Å². The van der Waals surface area contributed by atoms with Gasteiger partial charge in [0.1, 0.15) is 17.3 Å². The van der Waals surface area contributed by atoms with Crippen molar-refractivity contribution in [1.82, 2.24) is 19.5 Å². The highest BCUT2D eigenvalue weighted by Gasteiger charge is 2.10. The molecule has 0 bridgehead atoms. The molecule has 1 amide bonds. The number of rotatable bonds is 5. The number of anilines is 3. The van der Waals surface area contributed by atoms with Crippen molar-refractivity contribution in [2.75, 3.05) is 10.6 Å². The van der Waals surface area contributed by atoms with Gasteiger partial charge >= 0.3 is 0 Å². The normalized spacial score (nSPS) is 10.6. The van der Waals surface area contributed by atoms with Crippen LogP contribution in [-0.2, 0) is 11.8 Å². The lowest BCUT2D eigenvalue weighted by Crippen LogP contribution is -2.07. The van der Waals surface area contributed by atoms with Crippen molar-refractivity contribution in [2.45, 2.75) is 6.92 Å². The Morgan fingerprint density at radius 1 is 1.11 bits per heavy atom. The zero-order valence-corrected chi connectivity index (χ0v) is 15.4. The van der Waals surface area contributed by atoms with Crippen LogP contribution in [0.25, 0.3) is 11.0 Å². The van der Waals surface area contributed by atoms with Gasteiger partial charge < -0.3 is 19.9 Å². The number of aromatic nitrogens is 4. The van der Waals surface area contributed by atoms with Gasteiger partial charge in [0.15, 0.2) is 0 Å². The van der Waals surface area contributed by atoms with Crippen molar-refractivity contribution in [1.29, 1.82) is 0 Å². The number of fused-ring (bicyclic) bond motifs is 1. The lowest BCUT2D eigenvalue weighted by Gasteiger charge is -2.07. The summed E-state index contributed by atoms with van der Waals surface area (Å²) in [5, 5.41) is 5.89. The number of carbonyl (C=O) groups excluding carboxylic acids is 1. The summed E-state index contributed by atoms with van der Waals surface area (Å²) in [5.41, 5.74) is 2.62. The van der Waals surface area contributed by atoms with E-state index in [4.69, 9.17) is 4.74 Å². The second-order valence-electron chi connectivity index (χ2n) is 6.17. The average Bonchev–Trinajstić information content (AvgIpc) is 2.97. The van der Waals surface area contributed by atoms with Crippen LogP contribution in [0.5, 0.6) is 11.5 Å². The Kier molecular flexibility index (Phi) is 4.59. The second-order valence-corrected chi connectivity index (χ2v) is 6.17. The van der Waals surface area contributed by atoms with E-state index >= 15 is 0 Å². The topological polar surface area (TPSA) is 94.0 Å². The van der Waals surface area contributed by atoms with Crippen LogP contribution in [0.15, 0.2) is 61.1 Å². The molecule has 3 aromatic heterocycles. The van der Waals surface area contributed by atoms with Crippen LogP contribution >= 0.6 is 0 Å². The highest BCUT2D eigenvalue weighted by molar-refractivity contribution is 5.87. The van der Waals surface area contributed by atoms with E-state index in [2.05, 4.69) is 25.6 Å². The minimum absolute atomic E-state index is 0.187. The van der Waals surface area contributed by atoms with Crippen LogP contribution < -0.4 is 15.4 Å². The van der Waals surface area contributed by atoms with E-state index < -0.39 is 0 Å². The molecular weight excluding hydrogens is 356 g/mol. The van der Waals surface area contributed by atoms with Gasteiger partial charge in [0.05, 0.1) is 22.9 Å². The summed E-state index contributed by atoms with van der Waals surface area (Å²) in [6, 6.07) is 12.9. The van der Waals surface area contributed by atoms with E-state index in [1.807, 2.05) is 41.9 Å². The highest BCUT2D eigenvalue weighted by atomic mass is 16.5. The van der Waals surface area contributed by atoms with Gasteiger partial charge in [-0.15, -0.1) is 0 Å². The lowest BCUT2D eigenvalue weighted by atomic mass is 10.3. The molecule has 1 aromatic carbocycles. The predicted octanol–water partition coefficient (Wildman–Crippen LogP) is 3.86. The monoisotopic (exact) mass is 374 g/mol. The Morgan fingerprint density at radius 3 is 2.75 bits per heavy atom. The molecule has 0 atom stereocenters. The average molecular weight is 374 g/mol. The molecule has 140 valence electrons. The van der Waals surface area contributed by atoms with Gasteiger partial charge in [-0.3, -0.25) is 9.78 Å². The third kappa shape index (κ3) is 3.75. The number of hydrogen-bond donors (Lipinski definition) is 2. The van der Waals surface area contributed by atoms with E-state index in [1.54, 1.807) is 30.7 Å². The molecule has 4 rings (SSSR count). The van der Waals surface area contributed by atoms with Gasteiger partial charge in [0, 0.05) is 38.5 Å². The molecule has 0 radical (unpaired) electrons. The fourth-order valence-corrected chi connectivity index (χ4v) is 2.78. The van der Waals surface area contributed by atoms with Crippen molar-refractivity contribution in [3.63, 3.8) is 0 Å². The number of benzene rings is 1. The lowest BCUT2D eigenvalue weighted by molar-refractivity contribution is -0.114. The number of hydrogen-bond acceptors (Lipinski definition) is 6. The first-order chi connectivity index (χ1) is 13.6. The number of nitrogens with one attached hydrogen (secondary N) is 2. The molecule has 0 aliphatic heterocycles. The molecule has 0 saturated carbocycles. The molecule has 0 aliphatic rings. The van der Waals surface area contributed by atoms with Crippen LogP contribution in [0.4, 0.5) is 17.5 Å². The first kappa shape index (κ1) is 17.5. The molecule has 0 fully saturated rings. The number of nitrogens with zero attached hydrogens (tertiary/aromatic N) is 4. The van der Waals surface area contributed by atoms with Crippen LogP contribution in [0, 0.1) is 0 Å². The summed E-state index contributed by atoms with van der Waals surface area (Å²) in [6.07, 6.45) is 5.04. The molecule has 0 aliphatic carbocycles. The smallest absolute Gasteiger partial charge is 0.222 e. The van der Waals surface area contributed by atoms with E-state index in [0.717, 1.165) is 16.7 Å². The second kappa shape index (κ2) is 7.36.